The Kier molecular flexibility index (Phi) is 6.03. The third-order valence-electron chi connectivity index (χ3n) is 7.53. The zero-order valence-corrected chi connectivity index (χ0v) is 18.7. The number of likely N-dealkylation sites (tertiary alicyclic amines) is 1. The number of aromatic carboxylic acids is 1. The molecule has 0 spiro atoms. The van der Waals surface area contributed by atoms with Crippen LogP contribution >= 0.6 is 0 Å². The summed E-state index contributed by atoms with van der Waals surface area (Å²) in [5, 5.41) is 14.0. The van der Waals surface area contributed by atoms with E-state index in [1.54, 1.807) is 0 Å². The van der Waals surface area contributed by atoms with Gasteiger partial charge in [-0.25, -0.2) is 9.48 Å². The Morgan fingerprint density at radius 1 is 0.938 bits per heavy atom. The van der Waals surface area contributed by atoms with Crippen LogP contribution in [0.2, 0.25) is 0 Å². The van der Waals surface area contributed by atoms with Crippen LogP contribution in [-0.2, 0) is 4.79 Å². The van der Waals surface area contributed by atoms with Gasteiger partial charge in [-0.2, -0.15) is 5.10 Å². The van der Waals surface area contributed by atoms with Gasteiger partial charge in [0, 0.05) is 24.9 Å². The van der Waals surface area contributed by atoms with Gasteiger partial charge in [-0.05, 0) is 68.6 Å². The van der Waals surface area contributed by atoms with E-state index in [2.05, 4.69) is 22.1 Å². The lowest BCUT2D eigenvalue weighted by Crippen LogP contribution is -2.38. The number of amides is 1. The molecule has 0 bridgehead atoms. The van der Waals surface area contributed by atoms with Crippen molar-refractivity contribution in [1.29, 1.82) is 0 Å². The molecule has 0 radical (unpaired) electrons. The molecule has 3 fully saturated rings. The summed E-state index contributed by atoms with van der Waals surface area (Å²) in [6.45, 7) is 1.84. The SMILES string of the molecule is O=C(O)c1cnn(-c2cccc(C3CCCC(C(=O)N4CCCCCC4)C3)c2)c1C1CC1. The van der Waals surface area contributed by atoms with Gasteiger partial charge < -0.3 is 10.0 Å². The van der Waals surface area contributed by atoms with Crippen molar-refractivity contribution in [3.8, 4) is 5.69 Å². The molecule has 1 amide bonds. The highest BCUT2D eigenvalue weighted by Crippen LogP contribution is 2.43. The lowest BCUT2D eigenvalue weighted by molar-refractivity contribution is -0.136. The van der Waals surface area contributed by atoms with E-state index < -0.39 is 5.97 Å². The first-order chi connectivity index (χ1) is 15.6. The Morgan fingerprint density at radius 3 is 2.44 bits per heavy atom. The highest BCUT2D eigenvalue weighted by Gasteiger charge is 2.34. The molecule has 2 atom stereocenters. The van der Waals surface area contributed by atoms with Crippen LogP contribution in [-0.4, -0.2) is 44.8 Å². The first-order valence-electron chi connectivity index (χ1n) is 12.3. The maximum Gasteiger partial charge on any atom is 0.339 e. The molecule has 2 aliphatic carbocycles. The van der Waals surface area contributed by atoms with Crippen LogP contribution in [0.1, 0.15) is 97.7 Å². The van der Waals surface area contributed by atoms with Crippen molar-refractivity contribution in [2.24, 2.45) is 5.92 Å². The molecule has 1 aromatic heterocycles. The summed E-state index contributed by atoms with van der Waals surface area (Å²) in [4.78, 5) is 27.0. The second kappa shape index (κ2) is 9.08. The standard InChI is InChI=1S/C26H33N3O3/c30-25(28-13-3-1-2-4-14-28)21-9-5-7-19(15-21)20-8-6-10-22(16-20)29-24(18-11-12-18)23(17-27-29)26(31)32/h6,8,10,16-19,21H,1-5,7,9,11-15H2,(H,31,32). The average molecular weight is 436 g/mol. The molecule has 6 heteroatoms. The van der Waals surface area contributed by atoms with Crippen LogP contribution < -0.4 is 0 Å². The number of carbonyl (C=O) groups is 2. The van der Waals surface area contributed by atoms with Gasteiger partial charge >= 0.3 is 5.97 Å². The minimum absolute atomic E-state index is 0.126. The molecule has 1 aliphatic heterocycles. The second-order valence-corrected chi connectivity index (χ2v) is 9.83. The van der Waals surface area contributed by atoms with E-state index in [1.807, 2.05) is 16.8 Å². The first-order valence-corrected chi connectivity index (χ1v) is 12.3. The number of aromatic nitrogens is 2. The smallest absolute Gasteiger partial charge is 0.339 e. The Bertz CT molecular complexity index is 986. The third-order valence-corrected chi connectivity index (χ3v) is 7.53. The largest absolute Gasteiger partial charge is 0.478 e. The lowest BCUT2D eigenvalue weighted by atomic mass is 9.77. The monoisotopic (exact) mass is 435 g/mol. The summed E-state index contributed by atoms with van der Waals surface area (Å²) in [5.41, 5.74) is 3.31. The van der Waals surface area contributed by atoms with Crippen molar-refractivity contribution < 1.29 is 14.7 Å². The highest BCUT2D eigenvalue weighted by atomic mass is 16.4. The number of nitrogens with zero attached hydrogens (tertiary/aromatic N) is 3. The number of benzene rings is 1. The molecule has 2 unspecified atom stereocenters. The van der Waals surface area contributed by atoms with Crippen molar-refractivity contribution >= 4 is 11.9 Å². The van der Waals surface area contributed by atoms with Gasteiger partial charge in [0.25, 0.3) is 0 Å². The number of hydrogen-bond acceptors (Lipinski definition) is 3. The molecule has 170 valence electrons. The second-order valence-electron chi connectivity index (χ2n) is 9.83. The first kappa shape index (κ1) is 21.2. The van der Waals surface area contributed by atoms with Crippen molar-refractivity contribution in [3.05, 3.63) is 47.3 Å². The number of hydrogen-bond donors (Lipinski definition) is 1. The highest BCUT2D eigenvalue weighted by molar-refractivity contribution is 5.89. The molecule has 6 nitrogen and oxygen atoms in total. The minimum Gasteiger partial charge on any atom is -0.478 e. The topological polar surface area (TPSA) is 75.4 Å². The van der Waals surface area contributed by atoms with Gasteiger partial charge in [0.2, 0.25) is 5.91 Å². The van der Waals surface area contributed by atoms with Gasteiger partial charge in [-0.15, -0.1) is 0 Å². The molecule has 1 saturated heterocycles. The van der Waals surface area contributed by atoms with Crippen LogP contribution in [0.5, 0.6) is 0 Å². The van der Waals surface area contributed by atoms with Gasteiger partial charge in [0.05, 0.1) is 17.6 Å². The average Bonchev–Trinajstić information content (AvgIpc) is 3.61. The predicted molar refractivity (Wildman–Crippen MR) is 122 cm³/mol. The summed E-state index contributed by atoms with van der Waals surface area (Å²) in [5.74, 6) is 0.236. The van der Waals surface area contributed by atoms with Crippen molar-refractivity contribution in [1.82, 2.24) is 14.7 Å². The van der Waals surface area contributed by atoms with Crippen LogP contribution in [0, 0.1) is 5.92 Å². The molecular formula is C26H33N3O3. The fourth-order valence-electron chi connectivity index (χ4n) is 5.65. The Labute approximate surface area is 189 Å². The van der Waals surface area contributed by atoms with Crippen LogP contribution in [0.15, 0.2) is 30.5 Å². The molecule has 1 aromatic carbocycles. The fourth-order valence-corrected chi connectivity index (χ4v) is 5.65. The number of rotatable bonds is 5. The lowest BCUT2D eigenvalue weighted by Gasteiger charge is -2.32. The van der Waals surface area contributed by atoms with Gasteiger partial charge in [0.1, 0.15) is 5.56 Å². The Hall–Kier alpha value is -2.63. The number of carboxylic acid groups (broad SMARTS) is 1. The summed E-state index contributed by atoms with van der Waals surface area (Å²) < 4.78 is 1.83. The predicted octanol–water partition coefficient (Wildman–Crippen LogP) is 5.12. The van der Waals surface area contributed by atoms with Crippen LogP contribution in [0.4, 0.5) is 0 Å². The van der Waals surface area contributed by atoms with Crippen molar-refractivity contribution in [2.75, 3.05) is 13.1 Å². The molecule has 32 heavy (non-hydrogen) atoms. The molecule has 2 saturated carbocycles. The number of carbonyl (C=O) groups excluding carboxylic acids is 1. The normalized spacial score (nSPS) is 24.2. The summed E-state index contributed by atoms with van der Waals surface area (Å²) in [6, 6.07) is 8.37. The molecule has 1 N–H and O–H groups in total. The summed E-state index contributed by atoms with van der Waals surface area (Å²) in [7, 11) is 0. The Balaban J connectivity index is 1.35. The molecule has 2 aromatic rings. The maximum atomic E-state index is 13.2. The van der Waals surface area contributed by atoms with Crippen molar-refractivity contribution in [3.63, 3.8) is 0 Å². The van der Waals surface area contributed by atoms with Crippen LogP contribution in [0.3, 0.4) is 0 Å². The quantitative estimate of drug-likeness (QED) is 0.707. The zero-order chi connectivity index (χ0) is 22.1. The zero-order valence-electron chi connectivity index (χ0n) is 18.7. The van der Waals surface area contributed by atoms with Gasteiger partial charge in [0.15, 0.2) is 0 Å². The van der Waals surface area contributed by atoms with Crippen molar-refractivity contribution in [2.45, 2.75) is 76.0 Å². The molecule has 2 heterocycles. The third kappa shape index (κ3) is 4.32. The van der Waals surface area contributed by atoms with E-state index >= 15 is 0 Å². The van der Waals surface area contributed by atoms with Gasteiger partial charge in [-0.1, -0.05) is 31.4 Å². The summed E-state index contributed by atoms with van der Waals surface area (Å²) >= 11 is 0. The molecule has 3 aliphatic rings. The number of carboxylic acids is 1. The van der Waals surface area contributed by atoms with E-state index in [-0.39, 0.29) is 11.8 Å². The maximum absolute atomic E-state index is 13.2. The minimum atomic E-state index is -0.906. The van der Waals surface area contributed by atoms with Crippen LogP contribution in [0.25, 0.3) is 5.69 Å². The van der Waals surface area contributed by atoms with E-state index in [0.717, 1.165) is 75.8 Å². The Morgan fingerprint density at radius 2 is 1.72 bits per heavy atom. The molecular weight excluding hydrogens is 402 g/mol. The summed E-state index contributed by atoms with van der Waals surface area (Å²) in [6.07, 6.45) is 12.4. The van der Waals surface area contributed by atoms with Gasteiger partial charge in [-0.3, -0.25) is 4.79 Å². The fraction of sp³-hybridized carbons (Fsp3) is 0.577. The van der Waals surface area contributed by atoms with E-state index in [9.17, 15) is 14.7 Å². The van der Waals surface area contributed by atoms with E-state index in [4.69, 9.17) is 0 Å². The van der Waals surface area contributed by atoms with E-state index in [0.29, 0.717) is 17.4 Å². The molecule has 5 rings (SSSR count). The van der Waals surface area contributed by atoms with E-state index in [1.165, 1.54) is 24.6 Å².